The third-order valence-corrected chi connectivity index (χ3v) is 5.09. The molecule has 1 aromatic carbocycles. The fourth-order valence-corrected chi connectivity index (χ4v) is 3.74. The van der Waals surface area contributed by atoms with Gasteiger partial charge in [0.15, 0.2) is 0 Å². The minimum Gasteiger partial charge on any atom is -0.302 e. The molecule has 0 aliphatic heterocycles. The molecule has 1 saturated carbocycles. The summed E-state index contributed by atoms with van der Waals surface area (Å²) in [5, 5.41) is 0. The lowest BCUT2D eigenvalue weighted by Gasteiger charge is -2.45. The lowest BCUT2D eigenvalue weighted by molar-refractivity contribution is 0.0798. The summed E-state index contributed by atoms with van der Waals surface area (Å²) in [6.07, 6.45) is 7.86. The molecule has 0 amide bonds. The molecule has 0 spiro atoms. The number of nitrogens with zero attached hydrogens (tertiary/aromatic N) is 1. The van der Waals surface area contributed by atoms with Crippen molar-refractivity contribution in [3.63, 3.8) is 0 Å². The van der Waals surface area contributed by atoms with Crippen molar-refractivity contribution < 1.29 is 4.39 Å². The Kier molecular flexibility index (Phi) is 5.73. The average molecular weight is 293 g/mol. The first-order chi connectivity index (χ1) is 10.1. The zero-order chi connectivity index (χ0) is 15.3. The Balaban J connectivity index is 2.25. The fourth-order valence-electron chi connectivity index (χ4n) is 3.74. The molecule has 1 aliphatic rings. The molecule has 3 N–H and O–H groups in total. The first-order valence-electron chi connectivity index (χ1n) is 7.97. The van der Waals surface area contributed by atoms with E-state index in [1.807, 2.05) is 12.1 Å². The fraction of sp³-hybridized carbons (Fsp3) is 0.647. The second-order valence-corrected chi connectivity index (χ2v) is 6.43. The van der Waals surface area contributed by atoms with Crippen LogP contribution in [-0.4, -0.2) is 30.6 Å². The molecule has 0 saturated heterocycles. The van der Waals surface area contributed by atoms with Gasteiger partial charge in [-0.05, 0) is 45.0 Å². The standard InChI is InChI=1S/C17H28FN3/c1-21(2)17(11-7-3-4-8-12-17)16(20-19)13-14-9-5-6-10-15(14)18/h5-6,9-10,16,20H,3-4,7-8,11-13,19H2,1-2H3. The SMILES string of the molecule is CN(C)C1(C(Cc2ccccc2F)NN)CCCCCC1. The van der Waals surface area contributed by atoms with Gasteiger partial charge >= 0.3 is 0 Å². The van der Waals surface area contributed by atoms with E-state index in [2.05, 4.69) is 24.4 Å². The zero-order valence-corrected chi connectivity index (χ0v) is 13.2. The van der Waals surface area contributed by atoms with Crippen molar-refractivity contribution in [2.45, 2.75) is 56.5 Å². The van der Waals surface area contributed by atoms with Gasteiger partial charge in [0.25, 0.3) is 0 Å². The molecule has 0 aromatic heterocycles. The number of likely N-dealkylation sites (N-methyl/N-ethyl adjacent to an activating group) is 1. The van der Waals surface area contributed by atoms with Crippen molar-refractivity contribution >= 4 is 0 Å². The third kappa shape index (κ3) is 3.62. The van der Waals surface area contributed by atoms with Crippen LogP contribution in [-0.2, 0) is 6.42 Å². The van der Waals surface area contributed by atoms with Gasteiger partial charge in [-0.15, -0.1) is 0 Å². The van der Waals surface area contributed by atoms with Crippen molar-refractivity contribution in [3.8, 4) is 0 Å². The number of rotatable bonds is 5. The highest BCUT2D eigenvalue weighted by atomic mass is 19.1. The Bertz CT molecular complexity index is 439. The number of hydrogen-bond acceptors (Lipinski definition) is 3. The number of hydrogen-bond donors (Lipinski definition) is 2. The molecule has 1 atom stereocenters. The van der Waals surface area contributed by atoms with Gasteiger partial charge in [0.05, 0.1) is 0 Å². The lowest BCUT2D eigenvalue weighted by atomic mass is 9.79. The maximum atomic E-state index is 14.0. The molecule has 1 aromatic rings. The maximum absolute atomic E-state index is 14.0. The lowest BCUT2D eigenvalue weighted by Crippen LogP contribution is -2.61. The van der Waals surface area contributed by atoms with Crippen LogP contribution in [0, 0.1) is 5.82 Å². The summed E-state index contributed by atoms with van der Waals surface area (Å²) in [6, 6.07) is 7.07. The van der Waals surface area contributed by atoms with Gasteiger partial charge < -0.3 is 4.90 Å². The predicted octanol–water partition coefficient (Wildman–Crippen LogP) is 2.85. The molecule has 2 rings (SSSR count). The highest BCUT2D eigenvalue weighted by Crippen LogP contribution is 2.35. The van der Waals surface area contributed by atoms with Crippen molar-refractivity contribution in [2.24, 2.45) is 5.84 Å². The maximum Gasteiger partial charge on any atom is 0.126 e. The molecule has 118 valence electrons. The van der Waals surface area contributed by atoms with Crippen molar-refractivity contribution in [1.82, 2.24) is 10.3 Å². The number of halogens is 1. The van der Waals surface area contributed by atoms with Crippen LogP contribution in [0.25, 0.3) is 0 Å². The van der Waals surface area contributed by atoms with Crippen LogP contribution >= 0.6 is 0 Å². The first-order valence-corrected chi connectivity index (χ1v) is 7.97. The van der Waals surface area contributed by atoms with E-state index in [-0.39, 0.29) is 17.4 Å². The molecule has 3 nitrogen and oxygen atoms in total. The summed E-state index contributed by atoms with van der Waals surface area (Å²) < 4.78 is 14.0. The zero-order valence-electron chi connectivity index (χ0n) is 13.2. The van der Waals surface area contributed by atoms with Crippen LogP contribution in [0.4, 0.5) is 4.39 Å². The van der Waals surface area contributed by atoms with Crippen molar-refractivity contribution in [3.05, 3.63) is 35.6 Å². The van der Waals surface area contributed by atoms with E-state index in [1.165, 1.54) is 31.7 Å². The van der Waals surface area contributed by atoms with Gasteiger partial charge in [0, 0.05) is 11.6 Å². The summed E-state index contributed by atoms with van der Waals surface area (Å²) >= 11 is 0. The van der Waals surface area contributed by atoms with Gasteiger partial charge in [-0.25, -0.2) is 4.39 Å². The summed E-state index contributed by atoms with van der Waals surface area (Å²) in [5.74, 6) is 5.74. The molecule has 4 heteroatoms. The van der Waals surface area contributed by atoms with Crippen LogP contribution in [0.1, 0.15) is 44.1 Å². The molecule has 1 fully saturated rings. The summed E-state index contributed by atoms with van der Waals surface area (Å²) in [4.78, 5) is 2.30. The minimum atomic E-state index is -0.139. The van der Waals surface area contributed by atoms with Gasteiger partial charge in [-0.2, -0.15) is 0 Å². The Morgan fingerprint density at radius 1 is 1.19 bits per heavy atom. The van der Waals surface area contributed by atoms with E-state index in [9.17, 15) is 4.39 Å². The molecule has 0 bridgehead atoms. The third-order valence-electron chi connectivity index (χ3n) is 5.09. The van der Waals surface area contributed by atoms with Crippen LogP contribution in [0.15, 0.2) is 24.3 Å². The minimum absolute atomic E-state index is 0.00747. The summed E-state index contributed by atoms with van der Waals surface area (Å²) in [6.45, 7) is 0. The van der Waals surface area contributed by atoms with Crippen LogP contribution in [0.3, 0.4) is 0 Å². The molecule has 0 heterocycles. The highest BCUT2D eigenvalue weighted by Gasteiger charge is 2.40. The molecule has 21 heavy (non-hydrogen) atoms. The number of nitrogens with two attached hydrogens (primary N) is 1. The largest absolute Gasteiger partial charge is 0.302 e. The monoisotopic (exact) mass is 293 g/mol. The topological polar surface area (TPSA) is 41.3 Å². The Morgan fingerprint density at radius 3 is 2.33 bits per heavy atom. The average Bonchev–Trinajstić information content (AvgIpc) is 2.73. The Morgan fingerprint density at radius 2 is 1.81 bits per heavy atom. The summed E-state index contributed by atoms with van der Waals surface area (Å²) in [7, 11) is 4.24. The van der Waals surface area contributed by atoms with Gasteiger partial charge in [-0.1, -0.05) is 43.9 Å². The van der Waals surface area contributed by atoms with Crippen LogP contribution in [0.5, 0.6) is 0 Å². The first kappa shape index (κ1) is 16.4. The Labute approximate surface area is 127 Å². The van der Waals surface area contributed by atoms with E-state index in [1.54, 1.807) is 6.07 Å². The molecule has 1 unspecified atom stereocenters. The van der Waals surface area contributed by atoms with Crippen LogP contribution in [0.2, 0.25) is 0 Å². The van der Waals surface area contributed by atoms with E-state index in [4.69, 9.17) is 5.84 Å². The normalized spacial score (nSPS) is 20.2. The smallest absolute Gasteiger partial charge is 0.126 e. The van der Waals surface area contributed by atoms with E-state index < -0.39 is 0 Å². The van der Waals surface area contributed by atoms with E-state index in [0.717, 1.165) is 18.4 Å². The molecular weight excluding hydrogens is 265 g/mol. The number of hydrazine groups is 1. The molecular formula is C17H28FN3. The van der Waals surface area contributed by atoms with Crippen molar-refractivity contribution in [2.75, 3.05) is 14.1 Å². The predicted molar refractivity (Wildman–Crippen MR) is 85.3 cm³/mol. The quantitative estimate of drug-likeness (QED) is 0.498. The van der Waals surface area contributed by atoms with E-state index in [0.29, 0.717) is 6.42 Å². The van der Waals surface area contributed by atoms with Crippen molar-refractivity contribution in [1.29, 1.82) is 0 Å². The Hall–Kier alpha value is -0.970. The van der Waals surface area contributed by atoms with Gasteiger partial charge in [-0.3, -0.25) is 11.3 Å². The second kappa shape index (κ2) is 7.34. The van der Waals surface area contributed by atoms with E-state index >= 15 is 0 Å². The molecule has 1 aliphatic carbocycles. The van der Waals surface area contributed by atoms with Gasteiger partial charge in [0.1, 0.15) is 5.82 Å². The number of nitrogens with one attached hydrogen (secondary N) is 1. The van der Waals surface area contributed by atoms with Crippen LogP contribution < -0.4 is 11.3 Å². The second-order valence-electron chi connectivity index (χ2n) is 6.43. The summed E-state index contributed by atoms with van der Waals surface area (Å²) in [5.41, 5.74) is 3.74. The highest BCUT2D eigenvalue weighted by molar-refractivity contribution is 5.20. The number of benzene rings is 1. The molecule has 0 radical (unpaired) electrons. The van der Waals surface area contributed by atoms with Gasteiger partial charge in [0.2, 0.25) is 0 Å².